The van der Waals surface area contributed by atoms with Gasteiger partial charge >= 0.3 is 0 Å². The summed E-state index contributed by atoms with van der Waals surface area (Å²) in [5.74, 6) is 1.52. The van der Waals surface area contributed by atoms with Gasteiger partial charge in [-0.05, 0) is 49.4 Å². The first kappa shape index (κ1) is 22.9. The van der Waals surface area contributed by atoms with E-state index in [0.29, 0.717) is 49.4 Å². The Balaban J connectivity index is 1.22. The Morgan fingerprint density at radius 1 is 1.15 bits per heavy atom. The van der Waals surface area contributed by atoms with E-state index in [2.05, 4.69) is 22.0 Å². The summed E-state index contributed by atoms with van der Waals surface area (Å²) in [6, 6.07) is 7.88. The molecule has 1 aromatic carbocycles. The van der Waals surface area contributed by atoms with Gasteiger partial charge in [0.15, 0.2) is 0 Å². The molecule has 8 nitrogen and oxygen atoms in total. The van der Waals surface area contributed by atoms with Gasteiger partial charge in [0.25, 0.3) is 5.56 Å². The van der Waals surface area contributed by atoms with E-state index in [1.54, 1.807) is 4.57 Å². The number of halogens is 1. The van der Waals surface area contributed by atoms with Crippen molar-refractivity contribution in [2.75, 3.05) is 31.1 Å². The summed E-state index contributed by atoms with van der Waals surface area (Å²) in [6.07, 6.45) is 1.77. The van der Waals surface area contributed by atoms with Crippen LogP contribution < -0.4 is 10.5 Å². The maximum absolute atomic E-state index is 12.9. The van der Waals surface area contributed by atoms with E-state index in [4.69, 9.17) is 11.6 Å². The Hall–Kier alpha value is -2.91. The number of aryl methyl sites for hydroxylation is 3. The van der Waals surface area contributed by atoms with Gasteiger partial charge in [-0.15, -0.1) is 21.5 Å². The van der Waals surface area contributed by atoms with E-state index in [0.717, 1.165) is 35.1 Å². The van der Waals surface area contributed by atoms with Crippen LogP contribution in [0, 0.1) is 6.92 Å². The lowest BCUT2D eigenvalue weighted by molar-refractivity contribution is -0.131. The Kier molecular flexibility index (Phi) is 6.31. The van der Waals surface area contributed by atoms with E-state index in [1.807, 2.05) is 45.9 Å². The summed E-state index contributed by atoms with van der Waals surface area (Å²) < 4.78 is 4.33. The quantitative estimate of drug-likeness (QED) is 0.404. The fraction of sp³-hybridized carbons (Fsp3) is 0.417. The maximum Gasteiger partial charge on any atom is 0.272 e. The molecule has 0 aliphatic carbocycles. The number of piperazine rings is 1. The summed E-state index contributed by atoms with van der Waals surface area (Å²) in [5.41, 5.74) is 3.15. The first-order valence-electron chi connectivity index (χ1n) is 11.6. The number of benzene rings is 1. The highest BCUT2D eigenvalue weighted by Crippen LogP contribution is 2.25. The molecule has 1 amide bonds. The average molecular weight is 499 g/mol. The van der Waals surface area contributed by atoms with Crippen molar-refractivity contribution in [2.45, 2.75) is 39.7 Å². The van der Waals surface area contributed by atoms with Gasteiger partial charge in [0.2, 0.25) is 11.7 Å². The molecule has 1 fully saturated rings. The number of aromatic nitrogens is 4. The molecular formula is C24H27ClN6O2S. The molecule has 34 heavy (non-hydrogen) atoms. The van der Waals surface area contributed by atoms with Crippen molar-refractivity contribution in [1.29, 1.82) is 0 Å². The number of fused-ring (bicyclic) bond motifs is 3. The zero-order valence-corrected chi connectivity index (χ0v) is 20.9. The number of hydrogen-bond acceptors (Lipinski definition) is 6. The molecule has 1 aliphatic heterocycles. The minimum absolute atomic E-state index is 0.0266. The summed E-state index contributed by atoms with van der Waals surface area (Å²) in [4.78, 5) is 29.8. The summed E-state index contributed by atoms with van der Waals surface area (Å²) in [6.45, 7) is 7.56. The summed E-state index contributed by atoms with van der Waals surface area (Å²) in [5, 5.41) is 11.3. The number of nitrogens with zero attached hydrogens (tertiary/aromatic N) is 6. The number of carbonyl (C=O) groups is 1. The number of anilines is 1. The average Bonchev–Trinajstić information content (AvgIpc) is 3.49. The minimum Gasteiger partial charge on any atom is -0.368 e. The van der Waals surface area contributed by atoms with Crippen LogP contribution in [0.5, 0.6) is 0 Å². The predicted molar refractivity (Wildman–Crippen MR) is 136 cm³/mol. The molecular weight excluding hydrogens is 472 g/mol. The van der Waals surface area contributed by atoms with Gasteiger partial charge in [0.05, 0.1) is 5.52 Å². The fourth-order valence-electron chi connectivity index (χ4n) is 4.70. The standard InChI is InChI=1S/C24H27ClN6O2S/c1-3-30-23(33)22-18(9-14-34-22)31-20(26-27-24(30)31)5-4-6-21(32)29-12-10-28(11-13-29)19-15-17(25)8-7-16(19)2/h7-9,14-15H,3-6,10-13H2,1-2H3. The zero-order valence-electron chi connectivity index (χ0n) is 19.3. The van der Waals surface area contributed by atoms with Crippen molar-refractivity contribution < 1.29 is 4.79 Å². The van der Waals surface area contributed by atoms with Crippen molar-refractivity contribution in [3.05, 3.63) is 56.4 Å². The number of carbonyl (C=O) groups excluding carboxylic acids is 1. The van der Waals surface area contributed by atoms with Gasteiger partial charge in [-0.25, -0.2) is 0 Å². The highest BCUT2D eigenvalue weighted by molar-refractivity contribution is 7.17. The molecule has 1 saturated heterocycles. The van der Waals surface area contributed by atoms with Gasteiger partial charge in [-0.1, -0.05) is 17.7 Å². The zero-order chi connectivity index (χ0) is 23.8. The first-order valence-corrected chi connectivity index (χ1v) is 12.9. The van der Waals surface area contributed by atoms with E-state index in [9.17, 15) is 9.59 Å². The molecule has 4 aromatic rings. The van der Waals surface area contributed by atoms with Crippen molar-refractivity contribution in [3.8, 4) is 0 Å². The van der Waals surface area contributed by atoms with Crippen molar-refractivity contribution in [2.24, 2.45) is 0 Å². The number of hydrogen-bond donors (Lipinski definition) is 0. The second-order valence-corrected chi connectivity index (χ2v) is 9.94. The third-order valence-electron chi connectivity index (χ3n) is 6.53. The van der Waals surface area contributed by atoms with Gasteiger partial charge in [0, 0.05) is 56.3 Å². The smallest absolute Gasteiger partial charge is 0.272 e. The predicted octanol–water partition coefficient (Wildman–Crippen LogP) is 3.76. The van der Waals surface area contributed by atoms with E-state index in [1.165, 1.54) is 16.9 Å². The Labute approximate surface area is 206 Å². The molecule has 0 spiro atoms. The Morgan fingerprint density at radius 3 is 2.71 bits per heavy atom. The number of amides is 1. The highest BCUT2D eigenvalue weighted by Gasteiger charge is 2.23. The van der Waals surface area contributed by atoms with Crippen LogP contribution in [0.3, 0.4) is 0 Å². The Morgan fingerprint density at radius 2 is 1.94 bits per heavy atom. The second kappa shape index (κ2) is 9.38. The molecule has 4 heterocycles. The van der Waals surface area contributed by atoms with Crippen LogP contribution in [0.2, 0.25) is 5.02 Å². The SMILES string of the molecule is CCn1c(=O)c2sccc2n2c(CCCC(=O)N3CCN(c4cc(Cl)ccc4C)CC3)nnc12. The van der Waals surface area contributed by atoms with Crippen molar-refractivity contribution >= 4 is 50.5 Å². The van der Waals surface area contributed by atoms with Crippen molar-refractivity contribution in [1.82, 2.24) is 24.1 Å². The van der Waals surface area contributed by atoms with Crippen LogP contribution in [0.25, 0.3) is 16.0 Å². The molecule has 0 radical (unpaired) electrons. The highest BCUT2D eigenvalue weighted by atomic mass is 35.5. The van der Waals surface area contributed by atoms with Crippen LogP contribution in [0.4, 0.5) is 5.69 Å². The van der Waals surface area contributed by atoms with Gasteiger partial charge in [-0.3, -0.25) is 18.6 Å². The van der Waals surface area contributed by atoms with Gasteiger partial charge < -0.3 is 9.80 Å². The summed E-state index contributed by atoms with van der Waals surface area (Å²) in [7, 11) is 0. The molecule has 0 saturated carbocycles. The molecule has 0 unspecified atom stereocenters. The monoisotopic (exact) mass is 498 g/mol. The molecule has 0 bridgehead atoms. The topological polar surface area (TPSA) is 75.7 Å². The largest absolute Gasteiger partial charge is 0.368 e. The van der Waals surface area contributed by atoms with Crippen LogP contribution in [-0.4, -0.2) is 56.2 Å². The molecule has 10 heteroatoms. The van der Waals surface area contributed by atoms with Gasteiger partial charge in [0.1, 0.15) is 10.5 Å². The van der Waals surface area contributed by atoms with Gasteiger partial charge in [-0.2, -0.15) is 0 Å². The Bertz CT molecular complexity index is 1420. The van der Waals surface area contributed by atoms with Crippen LogP contribution in [0.15, 0.2) is 34.4 Å². The molecule has 5 rings (SSSR count). The van der Waals surface area contributed by atoms with E-state index >= 15 is 0 Å². The molecule has 1 aliphatic rings. The third-order valence-corrected chi connectivity index (χ3v) is 7.66. The van der Waals surface area contributed by atoms with E-state index in [-0.39, 0.29) is 11.5 Å². The fourth-order valence-corrected chi connectivity index (χ4v) is 5.69. The summed E-state index contributed by atoms with van der Waals surface area (Å²) >= 11 is 7.62. The first-order chi connectivity index (χ1) is 16.5. The lowest BCUT2D eigenvalue weighted by atomic mass is 10.1. The molecule has 3 aromatic heterocycles. The molecule has 0 N–H and O–H groups in total. The molecule has 0 atom stereocenters. The maximum atomic E-state index is 12.9. The second-order valence-electron chi connectivity index (χ2n) is 8.59. The van der Waals surface area contributed by atoms with Crippen LogP contribution in [-0.2, 0) is 17.8 Å². The van der Waals surface area contributed by atoms with E-state index < -0.39 is 0 Å². The lowest BCUT2D eigenvalue weighted by Crippen LogP contribution is -2.49. The number of rotatable bonds is 6. The number of thiophene rings is 1. The minimum atomic E-state index is -0.0266. The normalized spacial score (nSPS) is 14.4. The lowest BCUT2D eigenvalue weighted by Gasteiger charge is -2.37. The van der Waals surface area contributed by atoms with Crippen molar-refractivity contribution in [3.63, 3.8) is 0 Å². The third kappa shape index (κ3) is 4.07. The van der Waals surface area contributed by atoms with Crippen LogP contribution in [0.1, 0.15) is 31.2 Å². The molecule has 178 valence electrons. The van der Waals surface area contributed by atoms with Crippen LogP contribution >= 0.6 is 22.9 Å².